The maximum Gasteiger partial charge on any atom is 0.303 e. The van der Waals surface area contributed by atoms with E-state index in [1.807, 2.05) is 30.3 Å². The minimum absolute atomic E-state index is 0.0306. The van der Waals surface area contributed by atoms with E-state index < -0.39 is 5.97 Å². The SMILES string of the molecule is O=C(O)C[C@H](CC(=O)N1CCC(O)CC1)c1ccccc1. The molecular formula is C16H21NO4. The Hall–Kier alpha value is -1.88. The molecule has 1 aromatic carbocycles. The van der Waals surface area contributed by atoms with Gasteiger partial charge in [0.05, 0.1) is 12.5 Å². The number of hydrogen-bond acceptors (Lipinski definition) is 3. The fourth-order valence-electron chi connectivity index (χ4n) is 2.70. The van der Waals surface area contributed by atoms with Gasteiger partial charge in [0.15, 0.2) is 0 Å². The summed E-state index contributed by atoms with van der Waals surface area (Å²) in [4.78, 5) is 25.1. The Balaban J connectivity index is 2.01. The highest BCUT2D eigenvalue weighted by molar-refractivity contribution is 5.78. The van der Waals surface area contributed by atoms with Crippen LogP contribution in [0.25, 0.3) is 0 Å². The lowest BCUT2D eigenvalue weighted by Gasteiger charge is -2.30. The van der Waals surface area contributed by atoms with Gasteiger partial charge in [-0.3, -0.25) is 9.59 Å². The second kappa shape index (κ2) is 7.22. The van der Waals surface area contributed by atoms with Gasteiger partial charge >= 0.3 is 5.97 Å². The Morgan fingerprint density at radius 3 is 2.33 bits per heavy atom. The molecule has 1 fully saturated rings. The first-order valence-corrected chi connectivity index (χ1v) is 7.29. The van der Waals surface area contributed by atoms with Crippen LogP contribution in [0.4, 0.5) is 0 Å². The summed E-state index contributed by atoms with van der Waals surface area (Å²) < 4.78 is 0. The predicted molar refractivity (Wildman–Crippen MR) is 77.9 cm³/mol. The van der Waals surface area contributed by atoms with Gasteiger partial charge in [-0.15, -0.1) is 0 Å². The number of likely N-dealkylation sites (tertiary alicyclic amines) is 1. The molecule has 0 unspecified atom stereocenters. The maximum absolute atomic E-state index is 12.3. The molecule has 21 heavy (non-hydrogen) atoms. The van der Waals surface area contributed by atoms with Crippen LogP contribution >= 0.6 is 0 Å². The average molecular weight is 291 g/mol. The lowest BCUT2D eigenvalue weighted by Crippen LogP contribution is -2.40. The average Bonchev–Trinajstić information content (AvgIpc) is 2.47. The number of aliphatic hydroxyl groups is 1. The minimum Gasteiger partial charge on any atom is -0.481 e. The number of aliphatic carboxylic acids is 1. The van der Waals surface area contributed by atoms with Crippen LogP contribution in [0.5, 0.6) is 0 Å². The van der Waals surface area contributed by atoms with Gasteiger partial charge in [0.1, 0.15) is 0 Å². The number of carbonyl (C=O) groups is 2. The summed E-state index contributed by atoms with van der Waals surface area (Å²) in [7, 11) is 0. The van der Waals surface area contributed by atoms with E-state index in [1.165, 1.54) is 0 Å². The smallest absolute Gasteiger partial charge is 0.303 e. The molecule has 0 aromatic heterocycles. The predicted octanol–water partition coefficient (Wildman–Crippen LogP) is 1.62. The van der Waals surface area contributed by atoms with Gasteiger partial charge in [-0.1, -0.05) is 30.3 Å². The fraction of sp³-hybridized carbons (Fsp3) is 0.500. The number of piperidine rings is 1. The van der Waals surface area contributed by atoms with E-state index in [1.54, 1.807) is 4.90 Å². The zero-order chi connectivity index (χ0) is 15.2. The summed E-state index contributed by atoms with van der Waals surface area (Å²) in [5.74, 6) is -1.23. The van der Waals surface area contributed by atoms with E-state index in [0.29, 0.717) is 25.9 Å². The van der Waals surface area contributed by atoms with Gasteiger partial charge in [-0.2, -0.15) is 0 Å². The molecular weight excluding hydrogens is 270 g/mol. The van der Waals surface area contributed by atoms with E-state index in [4.69, 9.17) is 5.11 Å². The largest absolute Gasteiger partial charge is 0.481 e. The van der Waals surface area contributed by atoms with Gasteiger partial charge in [0, 0.05) is 25.4 Å². The molecule has 1 amide bonds. The first kappa shape index (κ1) is 15.5. The highest BCUT2D eigenvalue weighted by Gasteiger charge is 2.25. The highest BCUT2D eigenvalue weighted by atomic mass is 16.4. The molecule has 5 nitrogen and oxygen atoms in total. The Morgan fingerprint density at radius 2 is 1.76 bits per heavy atom. The molecule has 0 bridgehead atoms. The summed E-state index contributed by atoms with van der Waals surface area (Å²) in [6.45, 7) is 1.10. The molecule has 2 rings (SSSR count). The van der Waals surface area contributed by atoms with Gasteiger partial charge in [0.25, 0.3) is 0 Å². The van der Waals surface area contributed by atoms with Crippen LogP contribution in [0, 0.1) is 0 Å². The van der Waals surface area contributed by atoms with Crippen molar-refractivity contribution in [2.75, 3.05) is 13.1 Å². The molecule has 1 atom stereocenters. The first-order valence-electron chi connectivity index (χ1n) is 7.29. The Morgan fingerprint density at radius 1 is 1.14 bits per heavy atom. The summed E-state index contributed by atoms with van der Waals surface area (Å²) in [6, 6.07) is 9.30. The highest BCUT2D eigenvalue weighted by Crippen LogP contribution is 2.25. The molecule has 1 saturated heterocycles. The first-order chi connectivity index (χ1) is 10.1. The van der Waals surface area contributed by atoms with E-state index in [-0.39, 0.29) is 30.8 Å². The molecule has 0 spiro atoms. The minimum atomic E-state index is -0.897. The second-order valence-electron chi connectivity index (χ2n) is 5.52. The molecule has 1 aliphatic rings. The number of rotatable bonds is 5. The molecule has 1 aromatic rings. The number of carboxylic acids is 1. The van der Waals surface area contributed by atoms with Crippen molar-refractivity contribution in [3.05, 3.63) is 35.9 Å². The molecule has 0 saturated carbocycles. The third kappa shape index (κ3) is 4.56. The molecule has 1 aliphatic heterocycles. The van der Waals surface area contributed by atoms with Crippen molar-refractivity contribution in [2.45, 2.75) is 37.7 Å². The number of carbonyl (C=O) groups excluding carboxylic acids is 1. The summed E-state index contributed by atoms with van der Waals surface area (Å²) in [5, 5.41) is 18.5. The van der Waals surface area contributed by atoms with Gasteiger partial charge in [-0.05, 0) is 18.4 Å². The monoisotopic (exact) mass is 291 g/mol. The number of benzene rings is 1. The van der Waals surface area contributed by atoms with E-state index in [9.17, 15) is 14.7 Å². The van der Waals surface area contributed by atoms with Crippen molar-refractivity contribution in [1.29, 1.82) is 0 Å². The van der Waals surface area contributed by atoms with Gasteiger partial charge in [0.2, 0.25) is 5.91 Å². The fourth-order valence-corrected chi connectivity index (χ4v) is 2.70. The van der Waals surface area contributed by atoms with Gasteiger partial charge in [-0.25, -0.2) is 0 Å². The van der Waals surface area contributed by atoms with Crippen molar-refractivity contribution >= 4 is 11.9 Å². The van der Waals surface area contributed by atoms with Crippen LogP contribution in [-0.4, -0.2) is 46.2 Å². The Bertz CT molecular complexity index is 480. The molecule has 0 aliphatic carbocycles. The summed E-state index contributed by atoms with van der Waals surface area (Å²) >= 11 is 0. The van der Waals surface area contributed by atoms with Crippen molar-refractivity contribution in [2.24, 2.45) is 0 Å². The third-order valence-electron chi connectivity index (χ3n) is 3.93. The normalized spacial score (nSPS) is 17.5. The Labute approximate surface area is 124 Å². The molecule has 114 valence electrons. The number of amides is 1. The topological polar surface area (TPSA) is 77.8 Å². The lowest BCUT2D eigenvalue weighted by atomic mass is 9.91. The van der Waals surface area contributed by atoms with Crippen molar-refractivity contribution < 1.29 is 19.8 Å². The van der Waals surface area contributed by atoms with Crippen LogP contribution in [-0.2, 0) is 9.59 Å². The lowest BCUT2D eigenvalue weighted by molar-refractivity contribution is -0.138. The zero-order valence-electron chi connectivity index (χ0n) is 11.9. The van der Waals surface area contributed by atoms with E-state index >= 15 is 0 Å². The number of nitrogens with zero attached hydrogens (tertiary/aromatic N) is 1. The second-order valence-corrected chi connectivity index (χ2v) is 5.52. The summed E-state index contributed by atoms with van der Waals surface area (Å²) in [6.07, 6.45) is 1.03. The van der Waals surface area contributed by atoms with Crippen LogP contribution < -0.4 is 0 Å². The van der Waals surface area contributed by atoms with Crippen LogP contribution in [0.1, 0.15) is 37.2 Å². The van der Waals surface area contributed by atoms with Crippen molar-refractivity contribution in [3.8, 4) is 0 Å². The number of hydrogen-bond donors (Lipinski definition) is 2. The molecule has 5 heteroatoms. The van der Waals surface area contributed by atoms with Crippen molar-refractivity contribution in [1.82, 2.24) is 4.90 Å². The third-order valence-corrected chi connectivity index (χ3v) is 3.93. The van der Waals surface area contributed by atoms with Crippen LogP contribution in [0.15, 0.2) is 30.3 Å². The van der Waals surface area contributed by atoms with E-state index in [2.05, 4.69) is 0 Å². The number of aliphatic hydroxyl groups excluding tert-OH is 1. The van der Waals surface area contributed by atoms with Crippen LogP contribution in [0.3, 0.4) is 0 Å². The van der Waals surface area contributed by atoms with Crippen LogP contribution in [0.2, 0.25) is 0 Å². The zero-order valence-corrected chi connectivity index (χ0v) is 11.9. The summed E-state index contributed by atoms with van der Waals surface area (Å²) in [5.41, 5.74) is 0.880. The standard InChI is InChI=1S/C16H21NO4/c18-14-6-8-17(9-7-14)15(19)10-13(11-16(20)21)12-4-2-1-3-5-12/h1-5,13-14,18H,6-11H2,(H,20,21)/t13-/m0/s1. The molecule has 0 radical (unpaired) electrons. The quantitative estimate of drug-likeness (QED) is 0.864. The van der Waals surface area contributed by atoms with Crippen molar-refractivity contribution in [3.63, 3.8) is 0 Å². The molecule has 1 heterocycles. The van der Waals surface area contributed by atoms with Gasteiger partial charge < -0.3 is 15.1 Å². The Kier molecular flexibility index (Phi) is 5.33. The maximum atomic E-state index is 12.3. The molecule has 2 N–H and O–H groups in total. The number of carboxylic acid groups (broad SMARTS) is 1. The van der Waals surface area contributed by atoms with E-state index in [0.717, 1.165) is 5.56 Å².